The number of aromatic nitrogens is 6. The lowest BCUT2D eigenvalue weighted by Crippen LogP contribution is -2.05. The molecule has 0 atom stereocenters. The topological polar surface area (TPSA) is 109 Å². The van der Waals surface area contributed by atoms with Crippen LogP contribution in [0.2, 0.25) is 0 Å². The molecule has 90 heavy (non-hydrogen) atoms. The molecule has 0 saturated carbocycles. The van der Waals surface area contributed by atoms with Gasteiger partial charge in [0.25, 0.3) is 0 Å². The second kappa shape index (κ2) is 22.3. The van der Waals surface area contributed by atoms with Crippen LogP contribution in [0.3, 0.4) is 0 Å². The summed E-state index contributed by atoms with van der Waals surface area (Å²) in [5, 5.41) is 26.0. The summed E-state index contributed by atoms with van der Waals surface area (Å²) in [6.07, 6.45) is 0. The number of hydrogen-bond acceptors (Lipinski definition) is 6. The third-order valence-electron chi connectivity index (χ3n) is 17.0. The van der Waals surface area contributed by atoms with Crippen molar-refractivity contribution in [2.24, 2.45) is 0 Å². The van der Waals surface area contributed by atoms with Gasteiger partial charge in [-0.15, -0.1) is 0 Å². The first kappa shape index (κ1) is 52.9. The number of fused-ring (bicyclic) bond motifs is 6. The van der Waals surface area contributed by atoms with Gasteiger partial charge in [-0.3, -0.25) is 0 Å². The smallest absolute Gasteiger partial charge is 0.0993 e. The quantitative estimate of drug-likeness (QED) is 0.128. The standard InChI is InChI=1S/C82H50N8/c83-51-53-18-13-27-63(44-53)82-80(89-76-40-36-59(72-32-14-28-68(85-72)55-19-5-1-6-20-55)47-64(76)65-48-60(37-41-77(65)89)73-33-15-29-69(86-73)56-21-7-2-8-22-56)45-54(52-84)46-81(82)90-78-42-38-61(74-34-16-30-70(87-74)57-23-9-3-10-24-57)49-66(78)67-50-62(39-43-79(67)90)75-35-17-31-71(88-75)58-25-11-4-12-26-58/h1-50H. The van der Waals surface area contributed by atoms with Gasteiger partial charge in [-0.05, 0) is 127 Å². The average molecular weight is 1150 g/mol. The summed E-state index contributed by atoms with van der Waals surface area (Å²) in [5.41, 5.74) is 22.6. The minimum atomic E-state index is 0.458. The van der Waals surface area contributed by atoms with E-state index in [-0.39, 0.29) is 0 Å². The molecule has 0 radical (unpaired) electrons. The minimum Gasteiger partial charge on any atom is -0.308 e. The predicted molar refractivity (Wildman–Crippen MR) is 365 cm³/mol. The molecule has 418 valence electrons. The highest BCUT2D eigenvalue weighted by molar-refractivity contribution is 6.14. The highest BCUT2D eigenvalue weighted by Gasteiger charge is 2.25. The van der Waals surface area contributed by atoms with Gasteiger partial charge in [0.05, 0.1) is 102 Å². The van der Waals surface area contributed by atoms with Crippen molar-refractivity contribution in [3.05, 3.63) is 314 Å². The molecule has 0 spiro atoms. The molecule has 0 bridgehead atoms. The second-order valence-corrected chi connectivity index (χ2v) is 22.4. The first-order valence-electron chi connectivity index (χ1n) is 29.9. The van der Waals surface area contributed by atoms with Crippen molar-refractivity contribution in [3.63, 3.8) is 0 Å². The largest absolute Gasteiger partial charge is 0.308 e. The number of nitriles is 2. The molecule has 16 aromatic rings. The third-order valence-corrected chi connectivity index (χ3v) is 17.0. The van der Waals surface area contributed by atoms with E-state index in [1.54, 1.807) is 0 Å². The van der Waals surface area contributed by atoms with Crippen LogP contribution in [0.1, 0.15) is 11.1 Å². The maximum atomic E-state index is 11.4. The Bertz CT molecular complexity index is 4970. The van der Waals surface area contributed by atoms with Gasteiger partial charge in [0, 0.05) is 71.6 Å². The summed E-state index contributed by atoms with van der Waals surface area (Å²) in [7, 11) is 0. The average Bonchev–Trinajstić information content (AvgIpc) is 1.56. The Morgan fingerprint density at radius 3 is 0.778 bits per heavy atom. The van der Waals surface area contributed by atoms with E-state index in [2.05, 4.69) is 197 Å². The molecular formula is C82H50N8. The normalized spacial score (nSPS) is 11.3. The third kappa shape index (κ3) is 9.51. The predicted octanol–water partition coefficient (Wildman–Crippen LogP) is 20.2. The van der Waals surface area contributed by atoms with E-state index in [1.165, 1.54) is 0 Å². The molecule has 0 saturated heterocycles. The molecule has 0 aliphatic heterocycles. The molecule has 0 N–H and O–H groups in total. The van der Waals surface area contributed by atoms with Crippen LogP contribution < -0.4 is 0 Å². The van der Waals surface area contributed by atoms with Crippen LogP contribution in [-0.2, 0) is 0 Å². The van der Waals surface area contributed by atoms with Crippen molar-refractivity contribution in [1.29, 1.82) is 10.5 Å². The number of nitrogens with zero attached hydrogens (tertiary/aromatic N) is 8. The second-order valence-electron chi connectivity index (χ2n) is 22.4. The molecule has 0 unspecified atom stereocenters. The highest BCUT2D eigenvalue weighted by Crippen LogP contribution is 2.46. The Hall–Kier alpha value is -12.6. The van der Waals surface area contributed by atoms with E-state index in [0.717, 1.165) is 156 Å². The summed E-state index contributed by atoms with van der Waals surface area (Å²) < 4.78 is 4.58. The number of hydrogen-bond donors (Lipinski definition) is 0. The lowest BCUT2D eigenvalue weighted by atomic mass is 9.96. The van der Waals surface area contributed by atoms with Crippen LogP contribution in [0.5, 0.6) is 0 Å². The Balaban J connectivity index is 0.962. The molecule has 16 rings (SSSR count). The highest BCUT2D eigenvalue weighted by atomic mass is 15.0. The summed E-state index contributed by atoms with van der Waals surface area (Å²) in [6, 6.07) is 109. The number of rotatable bonds is 11. The lowest BCUT2D eigenvalue weighted by molar-refractivity contribution is 1.13. The molecular weight excluding hydrogens is 1100 g/mol. The van der Waals surface area contributed by atoms with Crippen LogP contribution in [-0.4, -0.2) is 29.1 Å². The van der Waals surface area contributed by atoms with Crippen molar-refractivity contribution in [1.82, 2.24) is 29.1 Å². The molecule has 6 aromatic heterocycles. The van der Waals surface area contributed by atoms with E-state index in [1.807, 2.05) is 127 Å². The van der Waals surface area contributed by atoms with Crippen molar-refractivity contribution >= 4 is 43.6 Å². The van der Waals surface area contributed by atoms with Crippen LogP contribution in [0, 0.1) is 22.7 Å². The fourth-order valence-corrected chi connectivity index (χ4v) is 12.7. The van der Waals surface area contributed by atoms with Crippen molar-refractivity contribution < 1.29 is 0 Å². The zero-order valence-electron chi connectivity index (χ0n) is 48.4. The van der Waals surface area contributed by atoms with Gasteiger partial charge in [0.2, 0.25) is 0 Å². The molecule has 6 heterocycles. The van der Waals surface area contributed by atoms with E-state index in [9.17, 15) is 10.5 Å². The van der Waals surface area contributed by atoms with Gasteiger partial charge in [-0.2, -0.15) is 10.5 Å². The minimum absolute atomic E-state index is 0.458. The molecule has 0 aliphatic carbocycles. The molecule has 0 fully saturated rings. The van der Waals surface area contributed by atoms with Crippen molar-refractivity contribution in [2.75, 3.05) is 0 Å². The monoisotopic (exact) mass is 1150 g/mol. The van der Waals surface area contributed by atoms with E-state index < -0.39 is 0 Å². The molecule has 10 aromatic carbocycles. The zero-order valence-corrected chi connectivity index (χ0v) is 48.4. The lowest BCUT2D eigenvalue weighted by Gasteiger charge is -2.21. The fraction of sp³-hybridized carbons (Fsp3) is 0. The van der Waals surface area contributed by atoms with Gasteiger partial charge >= 0.3 is 0 Å². The van der Waals surface area contributed by atoms with Crippen LogP contribution in [0.4, 0.5) is 0 Å². The van der Waals surface area contributed by atoms with E-state index in [4.69, 9.17) is 19.9 Å². The molecule has 0 aliphatic rings. The summed E-state index contributed by atoms with van der Waals surface area (Å²) in [6.45, 7) is 0. The van der Waals surface area contributed by atoms with Crippen LogP contribution in [0.15, 0.2) is 303 Å². The number of pyridine rings is 4. The van der Waals surface area contributed by atoms with Crippen LogP contribution >= 0.6 is 0 Å². The maximum Gasteiger partial charge on any atom is 0.0993 e. The SMILES string of the molecule is N#Cc1cccc(-c2c(-n3c4ccc(-c5cccc(-c6ccccc6)n5)cc4c4cc(-c5cccc(-c6ccccc6)n5)ccc43)cc(C#N)cc2-n2c3ccc(-c4cccc(-c5ccccc5)n4)cc3c3cc(-c4cccc(-c5ccccc5)n4)ccc32)c1. The Kier molecular flexibility index (Phi) is 13.1. The van der Waals surface area contributed by atoms with Gasteiger partial charge < -0.3 is 9.13 Å². The van der Waals surface area contributed by atoms with Crippen molar-refractivity contribution in [3.8, 4) is 125 Å². The Labute approximate surface area is 519 Å². The molecule has 8 nitrogen and oxygen atoms in total. The molecule has 8 heteroatoms. The van der Waals surface area contributed by atoms with E-state index >= 15 is 0 Å². The number of benzene rings is 10. The van der Waals surface area contributed by atoms with Gasteiger partial charge in [-0.1, -0.05) is 182 Å². The van der Waals surface area contributed by atoms with Gasteiger partial charge in [-0.25, -0.2) is 19.9 Å². The van der Waals surface area contributed by atoms with Crippen LogP contribution in [0.25, 0.3) is 156 Å². The first-order valence-corrected chi connectivity index (χ1v) is 29.9. The summed E-state index contributed by atoms with van der Waals surface area (Å²) in [5.74, 6) is 0. The molecule has 0 amide bonds. The van der Waals surface area contributed by atoms with E-state index in [0.29, 0.717) is 11.1 Å². The Morgan fingerprint density at radius 1 is 0.222 bits per heavy atom. The first-order chi connectivity index (χ1) is 44.5. The van der Waals surface area contributed by atoms with Gasteiger partial charge in [0.15, 0.2) is 0 Å². The fourth-order valence-electron chi connectivity index (χ4n) is 12.7. The van der Waals surface area contributed by atoms with Gasteiger partial charge in [0.1, 0.15) is 0 Å². The Morgan fingerprint density at radius 2 is 0.489 bits per heavy atom. The van der Waals surface area contributed by atoms with Crippen molar-refractivity contribution in [2.45, 2.75) is 0 Å². The summed E-state index contributed by atoms with van der Waals surface area (Å²) in [4.78, 5) is 21.0. The zero-order chi connectivity index (χ0) is 60.1. The maximum absolute atomic E-state index is 11.4. The summed E-state index contributed by atoms with van der Waals surface area (Å²) >= 11 is 0.